The zero-order valence-corrected chi connectivity index (χ0v) is 16.6. The van der Waals surface area contributed by atoms with E-state index in [4.69, 9.17) is 4.74 Å². The minimum atomic E-state index is -3.57. The van der Waals surface area contributed by atoms with Crippen LogP contribution in [0.2, 0.25) is 0 Å². The van der Waals surface area contributed by atoms with E-state index in [-0.39, 0.29) is 5.75 Å². The van der Waals surface area contributed by atoms with Crippen molar-refractivity contribution in [3.63, 3.8) is 0 Å². The van der Waals surface area contributed by atoms with Crippen molar-refractivity contribution in [2.45, 2.75) is 38.7 Å². The fraction of sp³-hybridized carbons (Fsp3) is 0.381. The van der Waals surface area contributed by atoms with E-state index in [1.54, 1.807) is 33.1 Å². The van der Waals surface area contributed by atoms with E-state index in [1.807, 2.05) is 37.3 Å². The number of aryl methyl sites for hydroxylation is 1. The number of methoxy groups -OCH3 is 1. The molecule has 5 heteroatoms. The van der Waals surface area contributed by atoms with Crippen LogP contribution in [0.3, 0.4) is 0 Å². The van der Waals surface area contributed by atoms with Gasteiger partial charge in [0.2, 0.25) is 0 Å². The zero-order valence-electron chi connectivity index (χ0n) is 15.8. The largest absolute Gasteiger partial charge is 0.380 e. The van der Waals surface area contributed by atoms with Gasteiger partial charge in [-0.1, -0.05) is 55.8 Å². The summed E-state index contributed by atoms with van der Waals surface area (Å²) in [7, 11) is -1.93. The number of benzene rings is 2. The number of hydrogen-bond acceptors (Lipinski definition) is 4. The van der Waals surface area contributed by atoms with Gasteiger partial charge in [-0.2, -0.15) is 0 Å². The molecule has 2 aromatic carbocycles. The van der Waals surface area contributed by atoms with Crippen molar-refractivity contribution in [1.82, 2.24) is 0 Å². The average molecular weight is 375 g/mol. The Morgan fingerprint density at radius 2 is 1.77 bits per heavy atom. The number of carbonyl (C=O) groups is 1. The summed E-state index contributed by atoms with van der Waals surface area (Å²) in [5.41, 5.74) is 2.91. The summed E-state index contributed by atoms with van der Waals surface area (Å²) >= 11 is 0. The molecule has 0 aliphatic carbocycles. The van der Waals surface area contributed by atoms with Crippen LogP contribution in [0.4, 0.5) is 0 Å². The molecular weight excluding hydrogens is 348 g/mol. The fourth-order valence-electron chi connectivity index (χ4n) is 2.97. The summed E-state index contributed by atoms with van der Waals surface area (Å²) in [4.78, 5) is 11.5. The first-order chi connectivity index (χ1) is 12.2. The van der Waals surface area contributed by atoms with Crippen LogP contribution < -0.4 is 0 Å². The van der Waals surface area contributed by atoms with Gasteiger partial charge in [0.05, 0.1) is 17.3 Å². The highest BCUT2D eigenvalue weighted by Crippen LogP contribution is 2.26. The van der Waals surface area contributed by atoms with Crippen molar-refractivity contribution in [1.29, 1.82) is 0 Å². The fourth-order valence-corrected chi connectivity index (χ4v) is 4.98. The van der Waals surface area contributed by atoms with Gasteiger partial charge in [-0.25, -0.2) is 8.42 Å². The van der Waals surface area contributed by atoms with Gasteiger partial charge in [0.25, 0.3) is 0 Å². The Labute approximate surface area is 156 Å². The number of sulfone groups is 1. The quantitative estimate of drug-likeness (QED) is 0.661. The molecule has 0 heterocycles. The third kappa shape index (κ3) is 5.26. The molecule has 0 aromatic heterocycles. The summed E-state index contributed by atoms with van der Waals surface area (Å²) in [5.74, 6) is -0.205. The monoisotopic (exact) mass is 374 g/mol. The maximum Gasteiger partial charge on any atom is 0.179 e. The molecule has 0 bridgehead atoms. The molecule has 0 saturated carbocycles. The Balaban J connectivity index is 2.42. The zero-order chi connectivity index (χ0) is 19.4. The molecule has 2 rings (SSSR count). The van der Waals surface area contributed by atoms with Crippen LogP contribution in [0, 0.1) is 12.3 Å². The second-order valence-electron chi connectivity index (χ2n) is 7.41. The van der Waals surface area contributed by atoms with Crippen molar-refractivity contribution in [2.24, 2.45) is 5.41 Å². The topological polar surface area (TPSA) is 60.4 Å². The Bertz CT molecular complexity index is 883. The van der Waals surface area contributed by atoms with Crippen LogP contribution in [0.15, 0.2) is 47.4 Å². The molecule has 4 nitrogen and oxygen atoms in total. The van der Waals surface area contributed by atoms with Gasteiger partial charge < -0.3 is 9.53 Å². The first kappa shape index (κ1) is 20.3. The van der Waals surface area contributed by atoms with Crippen LogP contribution >= 0.6 is 0 Å². The maximum absolute atomic E-state index is 12.9. The predicted molar refractivity (Wildman–Crippen MR) is 103 cm³/mol. The van der Waals surface area contributed by atoms with E-state index < -0.39 is 15.3 Å². The molecule has 0 saturated heterocycles. The number of hydrogen-bond donors (Lipinski definition) is 0. The van der Waals surface area contributed by atoms with Crippen LogP contribution in [0.5, 0.6) is 0 Å². The lowest BCUT2D eigenvalue weighted by atomic mass is 10.00. The molecule has 2 aromatic rings. The highest BCUT2D eigenvalue weighted by molar-refractivity contribution is 7.91. The molecule has 0 fully saturated rings. The molecular formula is C21H26O4S. The molecule has 0 aliphatic rings. The van der Waals surface area contributed by atoms with Crippen LogP contribution in [0.1, 0.15) is 36.1 Å². The second kappa shape index (κ2) is 8.14. The summed E-state index contributed by atoms with van der Waals surface area (Å²) in [6, 6.07) is 13.3. The third-order valence-corrected chi connectivity index (χ3v) is 6.32. The molecule has 0 N–H and O–H groups in total. The second-order valence-corrected chi connectivity index (χ2v) is 9.36. The van der Waals surface area contributed by atoms with Gasteiger partial charge in [-0.3, -0.25) is 0 Å². The van der Waals surface area contributed by atoms with Gasteiger partial charge in [0.1, 0.15) is 6.29 Å². The Morgan fingerprint density at radius 1 is 1.08 bits per heavy atom. The van der Waals surface area contributed by atoms with Gasteiger partial charge in [-0.05, 0) is 36.1 Å². The Morgan fingerprint density at radius 3 is 2.42 bits per heavy atom. The first-order valence-electron chi connectivity index (χ1n) is 8.52. The van der Waals surface area contributed by atoms with Crippen molar-refractivity contribution in [3.05, 3.63) is 64.7 Å². The summed E-state index contributed by atoms with van der Waals surface area (Å²) in [6.07, 6.45) is 1.21. The lowest BCUT2D eigenvalue weighted by Crippen LogP contribution is -2.26. The minimum absolute atomic E-state index is 0.205. The number of aldehydes is 1. The molecule has 0 atom stereocenters. The highest BCUT2D eigenvalue weighted by atomic mass is 32.2. The summed E-state index contributed by atoms with van der Waals surface area (Å²) in [6.45, 7) is 5.73. The minimum Gasteiger partial charge on any atom is -0.380 e. The maximum atomic E-state index is 12.9. The molecule has 0 spiro atoms. The van der Waals surface area contributed by atoms with E-state index in [9.17, 15) is 13.2 Å². The number of carbonyl (C=O) groups excluding carboxylic acids is 1. The standard InChI is InChI=1S/C21H26O4S/c1-16-8-9-20(26(23,24)15-21(2,3)14-22)19(10-16)12-17-6-5-7-18(11-17)13-25-4/h5-11,14H,12-13,15H2,1-4H3. The van der Waals surface area contributed by atoms with Crippen molar-refractivity contribution in [2.75, 3.05) is 12.9 Å². The predicted octanol–water partition coefficient (Wildman–Crippen LogP) is 3.73. The highest BCUT2D eigenvalue weighted by Gasteiger charge is 2.28. The summed E-state index contributed by atoms with van der Waals surface area (Å²) in [5, 5.41) is 0. The first-order valence-corrected chi connectivity index (χ1v) is 10.2. The Kier molecular flexibility index (Phi) is 6.37. The smallest absolute Gasteiger partial charge is 0.179 e. The lowest BCUT2D eigenvalue weighted by molar-refractivity contribution is -0.113. The van der Waals surface area contributed by atoms with E-state index in [1.165, 1.54) is 0 Å². The van der Waals surface area contributed by atoms with Crippen LogP contribution in [0.25, 0.3) is 0 Å². The SMILES string of the molecule is COCc1cccc(Cc2cc(C)ccc2S(=O)(=O)CC(C)(C)C=O)c1. The van der Waals surface area contributed by atoms with Gasteiger partial charge in [0, 0.05) is 12.5 Å². The van der Waals surface area contributed by atoms with Crippen LogP contribution in [-0.4, -0.2) is 27.6 Å². The normalized spacial score (nSPS) is 12.2. The molecule has 140 valence electrons. The van der Waals surface area contributed by atoms with Crippen LogP contribution in [-0.2, 0) is 32.4 Å². The van der Waals surface area contributed by atoms with E-state index in [0.717, 1.165) is 22.3 Å². The lowest BCUT2D eigenvalue weighted by Gasteiger charge is -2.19. The molecule has 26 heavy (non-hydrogen) atoms. The summed E-state index contributed by atoms with van der Waals surface area (Å²) < 4.78 is 31.0. The molecule has 0 radical (unpaired) electrons. The van der Waals surface area contributed by atoms with Crippen molar-refractivity contribution < 1.29 is 17.9 Å². The number of rotatable bonds is 8. The third-order valence-electron chi connectivity index (χ3n) is 4.13. The van der Waals surface area contributed by atoms with Gasteiger partial charge in [0.15, 0.2) is 9.84 Å². The van der Waals surface area contributed by atoms with E-state index in [0.29, 0.717) is 24.2 Å². The molecule has 0 aliphatic heterocycles. The molecule has 0 unspecified atom stereocenters. The molecule has 0 amide bonds. The van der Waals surface area contributed by atoms with E-state index >= 15 is 0 Å². The van der Waals surface area contributed by atoms with Crippen molar-refractivity contribution in [3.8, 4) is 0 Å². The van der Waals surface area contributed by atoms with E-state index in [2.05, 4.69) is 0 Å². The average Bonchev–Trinajstić information content (AvgIpc) is 2.54. The van der Waals surface area contributed by atoms with Gasteiger partial charge >= 0.3 is 0 Å². The van der Waals surface area contributed by atoms with Gasteiger partial charge in [-0.15, -0.1) is 0 Å². The van der Waals surface area contributed by atoms with Crippen molar-refractivity contribution >= 4 is 16.1 Å². The Hall–Kier alpha value is -1.98. The number of ether oxygens (including phenoxy) is 1.